The quantitative estimate of drug-likeness (QED) is 0.561. The molecule has 4 aliphatic rings. The number of nitrogens with two attached hydrogens (primary N) is 1. The zero-order valence-electron chi connectivity index (χ0n) is 18.8. The lowest BCUT2D eigenvalue weighted by Crippen LogP contribution is -2.60. The molecule has 1 aromatic carbocycles. The second kappa shape index (κ2) is 6.83. The van der Waals surface area contributed by atoms with Gasteiger partial charge in [0.05, 0.1) is 35.8 Å². The van der Waals surface area contributed by atoms with E-state index < -0.39 is 17.8 Å². The highest BCUT2D eigenvalue weighted by atomic mass is 19.4. The highest BCUT2D eigenvalue weighted by Crippen LogP contribution is 2.65. The number of carbonyl (C=O) groups excluding carboxylic acids is 1. The van der Waals surface area contributed by atoms with Crippen LogP contribution in [0.15, 0.2) is 18.2 Å². The summed E-state index contributed by atoms with van der Waals surface area (Å²) in [7, 11) is 0. The van der Waals surface area contributed by atoms with Gasteiger partial charge >= 0.3 is 6.18 Å². The van der Waals surface area contributed by atoms with E-state index in [9.17, 15) is 18.0 Å². The number of nitrogens with zero attached hydrogens (tertiary/aromatic N) is 5. The maximum Gasteiger partial charge on any atom is 0.416 e. The second-order valence-electron chi connectivity index (χ2n) is 9.94. The van der Waals surface area contributed by atoms with Crippen LogP contribution in [0.4, 0.5) is 24.7 Å². The van der Waals surface area contributed by atoms with E-state index in [-0.39, 0.29) is 17.0 Å². The number of amides is 1. The SMILES string of the molecule is Cc1nnc2nc(N[C@H](C)c3cc(N)cc(C(F)(F)F)c3)c3c(n12)CN(C(=O)C12CC(C1)C2)C3. The van der Waals surface area contributed by atoms with Crippen LogP contribution in [0.2, 0.25) is 0 Å². The number of hydrogen-bond donors (Lipinski definition) is 2. The summed E-state index contributed by atoms with van der Waals surface area (Å²) in [6.07, 6.45) is -1.59. The molecule has 0 unspecified atom stereocenters. The largest absolute Gasteiger partial charge is 0.416 e. The maximum atomic E-state index is 13.3. The first-order valence-corrected chi connectivity index (χ1v) is 11.3. The zero-order valence-corrected chi connectivity index (χ0v) is 18.8. The molecular weight excluding hydrogens is 447 g/mol. The van der Waals surface area contributed by atoms with Crippen molar-refractivity contribution in [1.82, 2.24) is 24.5 Å². The first-order valence-electron chi connectivity index (χ1n) is 11.3. The molecule has 2 aromatic heterocycles. The van der Waals surface area contributed by atoms with E-state index in [1.165, 1.54) is 6.07 Å². The van der Waals surface area contributed by atoms with Crippen molar-refractivity contribution in [2.75, 3.05) is 11.1 Å². The first kappa shape index (κ1) is 21.2. The monoisotopic (exact) mass is 471 g/mol. The first-order chi connectivity index (χ1) is 16.0. The van der Waals surface area contributed by atoms with Crippen LogP contribution in [0.1, 0.15) is 60.4 Å². The molecule has 3 heterocycles. The highest BCUT2D eigenvalue weighted by molar-refractivity contribution is 5.86. The van der Waals surface area contributed by atoms with Gasteiger partial charge in [-0.05, 0) is 62.8 Å². The van der Waals surface area contributed by atoms with E-state index in [0.717, 1.165) is 42.7 Å². The second-order valence-corrected chi connectivity index (χ2v) is 9.94. The summed E-state index contributed by atoms with van der Waals surface area (Å²) in [5.41, 5.74) is 6.91. The van der Waals surface area contributed by atoms with Gasteiger partial charge < -0.3 is 16.0 Å². The van der Waals surface area contributed by atoms with Crippen LogP contribution in [-0.2, 0) is 24.1 Å². The van der Waals surface area contributed by atoms with Gasteiger partial charge in [-0.1, -0.05) is 0 Å². The van der Waals surface area contributed by atoms with Crippen molar-refractivity contribution in [3.8, 4) is 0 Å². The molecule has 3 aliphatic carbocycles. The number of aryl methyl sites for hydroxylation is 1. The van der Waals surface area contributed by atoms with E-state index in [2.05, 4.69) is 20.5 Å². The average molecular weight is 471 g/mol. The normalized spacial score (nSPS) is 23.9. The average Bonchev–Trinajstić information content (AvgIpc) is 3.28. The molecular formula is C23H24F3N7O. The number of carbonyl (C=O) groups is 1. The Morgan fingerprint density at radius 3 is 2.59 bits per heavy atom. The number of fused-ring (bicyclic) bond motifs is 3. The summed E-state index contributed by atoms with van der Waals surface area (Å²) < 4.78 is 41.8. The molecule has 2 bridgehead atoms. The Bertz CT molecular complexity index is 1330. The highest BCUT2D eigenvalue weighted by Gasteiger charge is 2.62. The van der Waals surface area contributed by atoms with Gasteiger partial charge in [-0.15, -0.1) is 10.2 Å². The van der Waals surface area contributed by atoms with Crippen LogP contribution in [0.25, 0.3) is 5.78 Å². The smallest absolute Gasteiger partial charge is 0.399 e. The Morgan fingerprint density at radius 1 is 1.21 bits per heavy atom. The topological polar surface area (TPSA) is 101 Å². The van der Waals surface area contributed by atoms with Crippen LogP contribution in [0.5, 0.6) is 0 Å². The van der Waals surface area contributed by atoms with Gasteiger partial charge in [0.2, 0.25) is 5.91 Å². The van der Waals surface area contributed by atoms with Gasteiger partial charge in [0.25, 0.3) is 5.78 Å². The molecule has 11 heteroatoms. The van der Waals surface area contributed by atoms with E-state index in [0.29, 0.717) is 42.0 Å². The lowest BCUT2D eigenvalue weighted by Gasteiger charge is -2.61. The minimum absolute atomic E-state index is 0.0375. The summed E-state index contributed by atoms with van der Waals surface area (Å²) in [6.45, 7) is 4.40. The molecule has 3 fully saturated rings. The Kier molecular flexibility index (Phi) is 4.26. The summed E-state index contributed by atoms with van der Waals surface area (Å²) in [5, 5.41) is 11.5. The van der Waals surface area contributed by atoms with Crippen molar-refractivity contribution < 1.29 is 18.0 Å². The molecule has 1 atom stereocenters. The summed E-state index contributed by atoms with van der Waals surface area (Å²) in [4.78, 5) is 19.7. The van der Waals surface area contributed by atoms with Gasteiger partial charge in [0.15, 0.2) is 0 Å². The lowest BCUT2D eigenvalue weighted by molar-refractivity contribution is -0.177. The minimum Gasteiger partial charge on any atom is -0.399 e. The van der Waals surface area contributed by atoms with Gasteiger partial charge in [-0.25, -0.2) is 0 Å². The number of benzene rings is 1. The third-order valence-corrected chi connectivity index (χ3v) is 7.55. The molecule has 3 saturated carbocycles. The van der Waals surface area contributed by atoms with E-state index >= 15 is 0 Å². The van der Waals surface area contributed by atoms with Gasteiger partial charge in [0, 0.05) is 11.3 Å². The van der Waals surface area contributed by atoms with Crippen molar-refractivity contribution in [2.45, 2.75) is 58.4 Å². The summed E-state index contributed by atoms with van der Waals surface area (Å²) in [5.74, 6) is 2.42. The molecule has 0 saturated heterocycles. The molecule has 34 heavy (non-hydrogen) atoms. The molecule has 3 N–H and O–H groups in total. The van der Waals surface area contributed by atoms with E-state index in [1.54, 1.807) is 6.92 Å². The van der Waals surface area contributed by atoms with Crippen LogP contribution in [-0.4, -0.2) is 30.4 Å². The van der Waals surface area contributed by atoms with Crippen LogP contribution in [0.3, 0.4) is 0 Å². The van der Waals surface area contributed by atoms with E-state index in [1.807, 2.05) is 16.2 Å². The molecule has 0 radical (unpaired) electrons. The number of aromatic nitrogens is 4. The van der Waals surface area contributed by atoms with Crippen LogP contribution >= 0.6 is 0 Å². The number of anilines is 2. The molecule has 178 valence electrons. The van der Waals surface area contributed by atoms with Crippen LogP contribution < -0.4 is 11.1 Å². The Morgan fingerprint density at radius 2 is 1.94 bits per heavy atom. The van der Waals surface area contributed by atoms with Crippen molar-refractivity contribution in [3.63, 3.8) is 0 Å². The molecule has 8 nitrogen and oxygen atoms in total. The Hall–Kier alpha value is -3.37. The number of alkyl halides is 3. The standard InChI is InChI=1S/C23H24F3N7O/c1-11(14-3-15(23(24,25)26)5-16(27)4-14)28-19-17-9-32(20(34)22-6-13(7-22)8-22)10-18(17)33-12(2)30-31-21(33)29-19/h3-5,11,13H,6-10,27H2,1-2H3,(H,28,29,31)/t11-,13?,22?/m1/s1. The van der Waals surface area contributed by atoms with Gasteiger partial charge in [0.1, 0.15) is 11.6 Å². The van der Waals surface area contributed by atoms with Crippen molar-refractivity contribution >= 4 is 23.2 Å². The van der Waals surface area contributed by atoms with Crippen LogP contribution in [0, 0.1) is 18.3 Å². The van der Waals surface area contributed by atoms with Crippen molar-refractivity contribution in [2.24, 2.45) is 11.3 Å². The molecule has 3 aromatic rings. The maximum absolute atomic E-state index is 13.3. The summed E-state index contributed by atoms with van der Waals surface area (Å²) >= 11 is 0. The van der Waals surface area contributed by atoms with Crippen molar-refractivity contribution in [3.05, 3.63) is 46.4 Å². The fourth-order valence-electron chi connectivity index (χ4n) is 5.66. The zero-order chi connectivity index (χ0) is 24.0. The fourth-order valence-corrected chi connectivity index (χ4v) is 5.66. The predicted octanol–water partition coefficient (Wildman–Crippen LogP) is 3.85. The number of rotatable bonds is 4. The third-order valence-electron chi connectivity index (χ3n) is 7.55. The number of nitrogen functional groups attached to an aromatic ring is 1. The minimum atomic E-state index is -4.50. The number of hydrogen-bond acceptors (Lipinski definition) is 6. The van der Waals surface area contributed by atoms with E-state index in [4.69, 9.17) is 5.73 Å². The Labute approximate surface area is 193 Å². The fraction of sp³-hybridized carbons (Fsp3) is 0.478. The number of halogens is 3. The third kappa shape index (κ3) is 3.05. The summed E-state index contributed by atoms with van der Waals surface area (Å²) in [6, 6.07) is 3.01. The predicted molar refractivity (Wildman–Crippen MR) is 117 cm³/mol. The molecule has 7 rings (SSSR count). The van der Waals surface area contributed by atoms with Gasteiger partial charge in [-0.3, -0.25) is 9.20 Å². The molecule has 1 aliphatic heterocycles. The van der Waals surface area contributed by atoms with Gasteiger partial charge in [-0.2, -0.15) is 18.2 Å². The lowest BCUT2D eigenvalue weighted by atomic mass is 9.44. The Balaban J connectivity index is 1.35. The molecule has 0 spiro atoms. The number of nitrogens with one attached hydrogen (secondary N) is 1. The van der Waals surface area contributed by atoms with Crippen molar-refractivity contribution in [1.29, 1.82) is 0 Å². The molecule has 1 amide bonds.